The van der Waals surface area contributed by atoms with Crippen LogP contribution in [-0.2, 0) is 11.3 Å². The van der Waals surface area contributed by atoms with Crippen molar-refractivity contribution in [1.82, 2.24) is 9.88 Å². The number of benzene rings is 1. The van der Waals surface area contributed by atoms with Crippen molar-refractivity contribution >= 4 is 10.9 Å². The topological polar surface area (TPSA) is 25.4 Å². The molecule has 0 saturated carbocycles. The Balaban J connectivity index is 1.94. The Bertz CT molecular complexity index is 552. The Morgan fingerprint density at radius 1 is 1.22 bits per heavy atom. The molecule has 4 heteroatoms. The fourth-order valence-corrected chi connectivity index (χ4v) is 2.32. The molecular formula is C14H15FN2O. The summed E-state index contributed by atoms with van der Waals surface area (Å²) in [4.78, 5) is 6.62. The molecule has 2 heterocycles. The number of morpholine rings is 1. The first kappa shape index (κ1) is 11.6. The van der Waals surface area contributed by atoms with Crippen LogP contribution in [0, 0.1) is 5.82 Å². The molecule has 1 fully saturated rings. The van der Waals surface area contributed by atoms with Crippen LogP contribution in [0.25, 0.3) is 10.9 Å². The lowest BCUT2D eigenvalue weighted by Crippen LogP contribution is -2.35. The van der Waals surface area contributed by atoms with Crippen LogP contribution >= 0.6 is 0 Å². The van der Waals surface area contributed by atoms with Gasteiger partial charge in [-0.25, -0.2) is 4.39 Å². The van der Waals surface area contributed by atoms with Crippen LogP contribution in [0.4, 0.5) is 4.39 Å². The molecule has 0 bridgehead atoms. The lowest BCUT2D eigenvalue weighted by Gasteiger charge is -2.26. The Morgan fingerprint density at radius 2 is 2.06 bits per heavy atom. The molecule has 1 aliphatic rings. The Morgan fingerprint density at radius 3 is 2.89 bits per heavy atom. The normalized spacial score (nSPS) is 17.2. The maximum absolute atomic E-state index is 13.7. The van der Waals surface area contributed by atoms with Crippen LogP contribution in [0.2, 0.25) is 0 Å². The van der Waals surface area contributed by atoms with E-state index in [0.717, 1.165) is 43.9 Å². The minimum absolute atomic E-state index is 0.205. The second kappa shape index (κ2) is 5.00. The van der Waals surface area contributed by atoms with Crippen molar-refractivity contribution in [2.45, 2.75) is 6.54 Å². The lowest BCUT2D eigenvalue weighted by molar-refractivity contribution is 0.0343. The molecule has 1 aromatic carbocycles. The molecule has 3 nitrogen and oxygen atoms in total. The predicted molar refractivity (Wildman–Crippen MR) is 67.8 cm³/mol. The molecule has 1 aliphatic heterocycles. The minimum atomic E-state index is -0.205. The molecule has 0 unspecified atom stereocenters. The van der Waals surface area contributed by atoms with E-state index in [2.05, 4.69) is 9.88 Å². The van der Waals surface area contributed by atoms with Gasteiger partial charge in [-0.1, -0.05) is 6.07 Å². The van der Waals surface area contributed by atoms with Crippen molar-refractivity contribution in [2.75, 3.05) is 26.3 Å². The van der Waals surface area contributed by atoms with Gasteiger partial charge in [0.1, 0.15) is 5.82 Å². The molecule has 3 rings (SSSR count). The van der Waals surface area contributed by atoms with E-state index in [1.807, 2.05) is 6.07 Å². The van der Waals surface area contributed by atoms with E-state index >= 15 is 0 Å². The van der Waals surface area contributed by atoms with Crippen molar-refractivity contribution in [1.29, 1.82) is 0 Å². The molecule has 0 aliphatic carbocycles. The largest absolute Gasteiger partial charge is 0.379 e. The Hall–Kier alpha value is -1.52. The summed E-state index contributed by atoms with van der Waals surface area (Å²) >= 11 is 0. The Kier molecular flexibility index (Phi) is 3.21. The van der Waals surface area contributed by atoms with Gasteiger partial charge in [0.25, 0.3) is 0 Å². The van der Waals surface area contributed by atoms with Crippen LogP contribution < -0.4 is 0 Å². The molecule has 1 saturated heterocycles. The first-order valence-corrected chi connectivity index (χ1v) is 6.17. The summed E-state index contributed by atoms with van der Waals surface area (Å²) < 4.78 is 19.0. The van der Waals surface area contributed by atoms with E-state index in [-0.39, 0.29) is 5.82 Å². The molecule has 0 amide bonds. The van der Waals surface area contributed by atoms with Gasteiger partial charge >= 0.3 is 0 Å². The third-order valence-corrected chi connectivity index (χ3v) is 3.30. The van der Waals surface area contributed by atoms with Crippen molar-refractivity contribution in [2.24, 2.45) is 0 Å². The van der Waals surface area contributed by atoms with E-state index in [0.29, 0.717) is 5.39 Å². The highest BCUT2D eigenvalue weighted by Gasteiger charge is 2.13. The summed E-state index contributed by atoms with van der Waals surface area (Å²) in [5.74, 6) is -0.205. The number of pyridine rings is 1. The number of ether oxygens (including phenoxy) is 1. The Labute approximate surface area is 105 Å². The number of nitrogens with zero attached hydrogens (tertiary/aromatic N) is 2. The third-order valence-electron chi connectivity index (χ3n) is 3.30. The SMILES string of the molecule is Fc1ccc(CN2CCOCC2)c2ncccc12. The second-order valence-electron chi connectivity index (χ2n) is 4.49. The van der Waals surface area contributed by atoms with Crippen LogP contribution in [0.5, 0.6) is 0 Å². The van der Waals surface area contributed by atoms with E-state index in [4.69, 9.17) is 4.74 Å². The van der Waals surface area contributed by atoms with Gasteiger partial charge in [0.2, 0.25) is 0 Å². The number of hydrogen-bond acceptors (Lipinski definition) is 3. The average molecular weight is 246 g/mol. The first-order chi connectivity index (χ1) is 8.84. The molecule has 2 aromatic rings. The van der Waals surface area contributed by atoms with Gasteiger partial charge in [-0.05, 0) is 23.8 Å². The zero-order valence-electron chi connectivity index (χ0n) is 10.1. The number of halogens is 1. The number of hydrogen-bond donors (Lipinski definition) is 0. The van der Waals surface area contributed by atoms with Crippen LogP contribution in [-0.4, -0.2) is 36.2 Å². The standard InChI is InChI=1S/C14H15FN2O/c15-13-4-3-11(10-17-6-8-18-9-7-17)14-12(13)2-1-5-16-14/h1-5H,6-10H2. The monoisotopic (exact) mass is 246 g/mol. The fourth-order valence-electron chi connectivity index (χ4n) is 2.32. The van der Waals surface area contributed by atoms with Gasteiger partial charge in [0.15, 0.2) is 0 Å². The quantitative estimate of drug-likeness (QED) is 0.812. The van der Waals surface area contributed by atoms with Crippen molar-refractivity contribution < 1.29 is 9.13 Å². The summed E-state index contributed by atoms with van der Waals surface area (Å²) in [7, 11) is 0. The number of fused-ring (bicyclic) bond motifs is 1. The van der Waals surface area contributed by atoms with Gasteiger partial charge in [0, 0.05) is 31.2 Å². The molecule has 0 N–H and O–H groups in total. The molecule has 18 heavy (non-hydrogen) atoms. The van der Waals surface area contributed by atoms with Crippen LogP contribution in [0.3, 0.4) is 0 Å². The van der Waals surface area contributed by atoms with Crippen LogP contribution in [0.15, 0.2) is 30.5 Å². The zero-order chi connectivity index (χ0) is 12.4. The maximum Gasteiger partial charge on any atom is 0.132 e. The lowest BCUT2D eigenvalue weighted by atomic mass is 10.1. The van der Waals surface area contributed by atoms with E-state index < -0.39 is 0 Å². The smallest absolute Gasteiger partial charge is 0.132 e. The van der Waals surface area contributed by atoms with Gasteiger partial charge in [-0.15, -0.1) is 0 Å². The van der Waals surface area contributed by atoms with Crippen molar-refractivity contribution in [3.05, 3.63) is 41.8 Å². The summed E-state index contributed by atoms with van der Waals surface area (Å²) in [5, 5.41) is 0.600. The minimum Gasteiger partial charge on any atom is -0.379 e. The van der Waals surface area contributed by atoms with E-state index in [9.17, 15) is 4.39 Å². The highest BCUT2D eigenvalue weighted by Crippen LogP contribution is 2.21. The molecule has 0 spiro atoms. The molecule has 0 radical (unpaired) electrons. The van der Waals surface area contributed by atoms with Crippen molar-refractivity contribution in [3.8, 4) is 0 Å². The summed E-state index contributed by atoms with van der Waals surface area (Å²) in [6.07, 6.45) is 1.71. The first-order valence-electron chi connectivity index (χ1n) is 6.17. The van der Waals surface area contributed by atoms with E-state index in [1.54, 1.807) is 18.3 Å². The van der Waals surface area contributed by atoms with Crippen LogP contribution in [0.1, 0.15) is 5.56 Å². The van der Waals surface area contributed by atoms with Gasteiger partial charge in [0.05, 0.1) is 18.7 Å². The van der Waals surface area contributed by atoms with E-state index in [1.165, 1.54) is 6.07 Å². The predicted octanol–water partition coefficient (Wildman–Crippen LogP) is 2.21. The fraction of sp³-hybridized carbons (Fsp3) is 0.357. The third kappa shape index (κ3) is 2.21. The number of rotatable bonds is 2. The summed E-state index contributed by atoms with van der Waals surface area (Å²) in [6, 6.07) is 6.91. The van der Waals surface area contributed by atoms with Crippen molar-refractivity contribution in [3.63, 3.8) is 0 Å². The average Bonchev–Trinajstić information content (AvgIpc) is 2.44. The highest BCUT2D eigenvalue weighted by molar-refractivity contribution is 5.82. The molecular weight excluding hydrogens is 231 g/mol. The number of aromatic nitrogens is 1. The highest BCUT2D eigenvalue weighted by atomic mass is 19.1. The van der Waals surface area contributed by atoms with Gasteiger partial charge in [-0.2, -0.15) is 0 Å². The second-order valence-corrected chi connectivity index (χ2v) is 4.49. The molecule has 94 valence electrons. The summed E-state index contributed by atoms with van der Waals surface area (Å²) in [6.45, 7) is 4.19. The van der Waals surface area contributed by atoms with Gasteiger partial charge in [-0.3, -0.25) is 9.88 Å². The zero-order valence-corrected chi connectivity index (χ0v) is 10.1. The molecule has 1 aromatic heterocycles. The maximum atomic E-state index is 13.7. The molecule has 0 atom stereocenters. The summed E-state index contributed by atoms with van der Waals surface area (Å²) in [5.41, 5.74) is 1.85. The van der Waals surface area contributed by atoms with Gasteiger partial charge < -0.3 is 4.74 Å².